The van der Waals surface area contributed by atoms with Crippen LogP contribution in [0.3, 0.4) is 0 Å². The number of amides is 1. The molecule has 0 aliphatic rings. The second-order valence-corrected chi connectivity index (χ2v) is 5.54. The van der Waals surface area contributed by atoms with E-state index in [4.69, 9.17) is 10.5 Å². The van der Waals surface area contributed by atoms with E-state index in [1.165, 1.54) is 5.56 Å². The van der Waals surface area contributed by atoms with Gasteiger partial charge in [-0.1, -0.05) is 35.9 Å². The predicted molar refractivity (Wildman–Crippen MR) is 88.8 cm³/mol. The first-order valence-electron chi connectivity index (χ1n) is 7.37. The van der Waals surface area contributed by atoms with Crippen molar-refractivity contribution < 1.29 is 9.53 Å². The second kappa shape index (κ2) is 7.61. The first-order valence-corrected chi connectivity index (χ1v) is 7.37. The number of nitrogens with one attached hydrogen (secondary N) is 1. The van der Waals surface area contributed by atoms with Crippen LogP contribution in [0.1, 0.15) is 24.5 Å². The summed E-state index contributed by atoms with van der Waals surface area (Å²) in [5.41, 5.74) is 8.65. The Morgan fingerprint density at radius 3 is 2.73 bits per heavy atom. The van der Waals surface area contributed by atoms with Gasteiger partial charge in [0.15, 0.2) is 0 Å². The molecule has 116 valence electrons. The lowest BCUT2D eigenvalue weighted by molar-refractivity contribution is -0.116. The Hall–Kier alpha value is -2.33. The van der Waals surface area contributed by atoms with E-state index in [-0.39, 0.29) is 11.9 Å². The van der Waals surface area contributed by atoms with Crippen molar-refractivity contribution in [3.8, 4) is 5.75 Å². The third-order valence-electron chi connectivity index (χ3n) is 3.11. The maximum absolute atomic E-state index is 11.7. The summed E-state index contributed by atoms with van der Waals surface area (Å²) in [6, 6.07) is 15.4. The molecular formula is C18H22N2O2. The third kappa shape index (κ3) is 5.22. The van der Waals surface area contributed by atoms with Gasteiger partial charge in [0.05, 0.1) is 0 Å². The Balaban J connectivity index is 1.95. The fraction of sp³-hybridized carbons (Fsp3) is 0.278. The zero-order valence-electron chi connectivity index (χ0n) is 13.0. The standard InChI is InChI=1S/C18H22N2O2/c1-13-5-3-6-15(9-13)12-22-17-8-4-7-16(11-17)20-18(21)10-14(2)19/h3-9,11,14H,10,12,19H2,1-2H3,(H,20,21). The fourth-order valence-electron chi connectivity index (χ4n) is 2.14. The Bertz CT molecular complexity index is 638. The molecule has 2 aromatic rings. The molecule has 0 radical (unpaired) electrons. The van der Waals surface area contributed by atoms with Crippen LogP contribution in [0, 0.1) is 6.92 Å². The molecule has 1 unspecified atom stereocenters. The summed E-state index contributed by atoms with van der Waals surface area (Å²) in [4.78, 5) is 11.7. The van der Waals surface area contributed by atoms with Gasteiger partial charge < -0.3 is 15.8 Å². The fourth-order valence-corrected chi connectivity index (χ4v) is 2.14. The maximum atomic E-state index is 11.7. The van der Waals surface area contributed by atoms with Gasteiger partial charge in [0, 0.05) is 24.2 Å². The number of benzene rings is 2. The van der Waals surface area contributed by atoms with Crippen LogP contribution >= 0.6 is 0 Å². The van der Waals surface area contributed by atoms with Crippen LogP contribution in [0.15, 0.2) is 48.5 Å². The SMILES string of the molecule is Cc1cccc(COc2cccc(NC(=O)CC(C)N)c2)c1. The average molecular weight is 298 g/mol. The molecule has 4 heteroatoms. The van der Waals surface area contributed by atoms with Crippen LogP contribution < -0.4 is 15.8 Å². The van der Waals surface area contributed by atoms with Gasteiger partial charge >= 0.3 is 0 Å². The Morgan fingerprint density at radius 2 is 2.00 bits per heavy atom. The van der Waals surface area contributed by atoms with Crippen LogP contribution in [0.5, 0.6) is 5.75 Å². The van der Waals surface area contributed by atoms with Gasteiger partial charge in [-0.25, -0.2) is 0 Å². The van der Waals surface area contributed by atoms with Gasteiger partial charge in [-0.3, -0.25) is 4.79 Å². The van der Waals surface area contributed by atoms with E-state index in [0.29, 0.717) is 18.7 Å². The highest BCUT2D eigenvalue weighted by Gasteiger charge is 2.06. The smallest absolute Gasteiger partial charge is 0.225 e. The summed E-state index contributed by atoms with van der Waals surface area (Å²) in [6.07, 6.45) is 0.300. The van der Waals surface area contributed by atoms with Crippen molar-refractivity contribution in [2.24, 2.45) is 5.73 Å². The van der Waals surface area contributed by atoms with Crippen molar-refractivity contribution in [3.63, 3.8) is 0 Å². The van der Waals surface area contributed by atoms with Crippen molar-refractivity contribution in [1.29, 1.82) is 0 Å². The number of carbonyl (C=O) groups is 1. The van der Waals surface area contributed by atoms with Gasteiger partial charge in [-0.15, -0.1) is 0 Å². The molecule has 22 heavy (non-hydrogen) atoms. The number of nitrogens with two attached hydrogens (primary N) is 1. The zero-order valence-corrected chi connectivity index (χ0v) is 13.0. The van der Waals surface area contributed by atoms with Crippen molar-refractivity contribution in [3.05, 3.63) is 59.7 Å². The molecule has 0 fully saturated rings. The summed E-state index contributed by atoms with van der Waals surface area (Å²) in [7, 11) is 0. The molecule has 4 nitrogen and oxygen atoms in total. The molecule has 3 N–H and O–H groups in total. The van der Waals surface area contributed by atoms with E-state index in [0.717, 1.165) is 11.3 Å². The molecule has 0 aliphatic carbocycles. The average Bonchev–Trinajstić information content (AvgIpc) is 2.44. The molecular weight excluding hydrogens is 276 g/mol. The Kier molecular flexibility index (Phi) is 5.55. The van der Waals surface area contributed by atoms with Gasteiger partial charge in [0.2, 0.25) is 5.91 Å². The lowest BCUT2D eigenvalue weighted by Gasteiger charge is -2.10. The highest BCUT2D eigenvalue weighted by Crippen LogP contribution is 2.19. The van der Waals surface area contributed by atoms with Crippen molar-refractivity contribution in [2.45, 2.75) is 32.9 Å². The highest BCUT2D eigenvalue weighted by atomic mass is 16.5. The molecule has 0 heterocycles. The predicted octanol–water partition coefficient (Wildman–Crippen LogP) is 3.25. The van der Waals surface area contributed by atoms with Crippen molar-refractivity contribution in [1.82, 2.24) is 0 Å². The van der Waals surface area contributed by atoms with E-state index in [1.807, 2.05) is 36.4 Å². The number of carbonyl (C=O) groups excluding carboxylic acids is 1. The number of ether oxygens (including phenoxy) is 1. The van der Waals surface area contributed by atoms with E-state index in [2.05, 4.69) is 24.4 Å². The Morgan fingerprint density at radius 1 is 1.23 bits per heavy atom. The van der Waals surface area contributed by atoms with E-state index in [1.54, 1.807) is 6.92 Å². The van der Waals surface area contributed by atoms with E-state index in [9.17, 15) is 4.79 Å². The van der Waals surface area contributed by atoms with Gasteiger partial charge in [-0.2, -0.15) is 0 Å². The molecule has 0 spiro atoms. The second-order valence-electron chi connectivity index (χ2n) is 5.54. The lowest BCUT2D eigenvalue weighted by Crippen LogP contribution is -2.23. The van der Waals surface area contributed by atoms with E-state index < -0.39 is 0 Å². The maximum Gasteiger partial charge on any atom is 0.225 e. The largest absolute Gasteiger partial charge is 0.489 e. The number of aryl methyl sites for hydroxylation is 1. The summed E-state index contributed by atoms with van der Waals surface area (Å²) >= 11 is 0. The first kappa shape index (κ1) is 16.0. The van der Waals surface area contributed by atoms with Gasteiger partial charge in [-0.05, 0) is 31.5 Å². The molecule has 0 aliphatic heterocycles. The number of anilines is 1. The summed E-state index contributed by atoms with van der Waals surface area (Å²) in [6.45, 7) is 4.36. The van der Waals surface area contributed by atoms with E-state index >= 15 is 0 Å². The van der Waals surface area contributed by atoms with Crippen LogP contribution in [-0.4, -0.2) is 11.9 Å². The zero-order chi connectivity index (χ0) is 15.9. The lowest BCUT2D eigenvalue weighted by atomic mass is 10.1. The molecule has 2 aromatic carbocycles. The molecule has 2 rings (SSSR count). The normalized spacial score (nSPS) is 11.8. The topological polar surface area (TPSA) is 64.3 Å². The summed E-state index contributed by atoms with van der Waals surface area (Å²) < 4.78 is 5.77. The Labute approximate surface area is 131 Å². The van der Waals surface area contributed by atoms with Crippen LogP contribution in [-0.2, 0) is 11.4 Å². The highest BCUT2D eigenvalue weighted by molar-refractivity contribution is 5.91. The summed E-state index contributed by atoms with van der Waals surface area (Å²) in [5.74, 6) is 0.630. The third-order valence-corrected chi connectivity index (χ3v) is 3.11. The van der Waals surface area contributed by atoms with Crippen molar-refractivity contribution in [2.75, 3.05) is 5.32 Å². The molecule has 0 saturated heterocycles. The molecule has 0 bridgehead atoms. The summed E-state index contributed by atoms with van der Waals surface area (Å²) in [5, 5.41) is 2.82. The minimum Gasteiger partial charge on any atom is -0.489 e. The molecule has 1 atom stereocenters. The van der Waals surface area contributed by atoms with Gasteiger partial charge in [0.1, 0.15) is 12.4 Å². The monoisotopic (exact) mass is 298 g/mol. The molecule has 0 saturated carbocycles. The van der Waals surface area contributed by atoms with Crippen LogP contribution in [0.2, 0.25) is 0 Å². The minimum absolute atomic E-state index is 0.0918. The minimum atomic E-state index is -0.152. The van der Waals surface area contributed by atoms with Crippen LogP contribution in [0.25, 0.3) is 0 Å². The first-order chi connectivity index (χ1) is 10.5. The number of hydrogen-bond acceptors (Lipinski definition) is 3. The number of rotatable bonds is 6. The van der Waals surface area contributed by atoms with Crippen LogP contribution in [0.4, 0.5) is 5.69 Å². The van der Waals surface area contributed by atoms with Crippen molar-refractivity contribution >= 4 is 11.6 Å². The molecule has 0 aromatic heterocycles. The molecule has 1 amide bonds. The quantitative estimate of drug-likeness (QED) is 0.860. The van der Waals surface area contributed by atoms with Gasteiger partial charge in [0.25, 0.3) is 0 Å². The number of hydrogen-bond donors (Lipinski definition) is 2.